The maximum atomic E-state index is 13.2. The highest BCUT2D eigenvalue weighted by Gasteiger charge is 2.25. The summed E-state index contributed by atoms with van der Waals surface area (Å²) in [4.78, 5) is 22.7. The lowest BCUT2D eigenvalue weighted by atomic mass is 10.2. The van der Waals surface area contributed by atoms with Crippen LogP contribution >= 0.6 is 11.3 Å². The first-order valence-corrected chi connectivity index (χ1v) is 10.4. The molecular weight excluding hydrogens is 387 g/mol. The molecule has 2 aromatic carbocycles. The molecule has 1 saturated heterocycles. The van der Waals surface area contributed by atoms with Gasteiger partial charge in [-0.2, -0.15) is 0 Å². The smallest absolute Gasteiger partial charge is 0.271 e. The van der Waals surface area contributed by atoms with Gasteiger partial charge in [0.25, 0.3) is 5.91 Å². The lowest BCUT2D eigenvalue weighted by Gasteiger charge is -2.36. The van der Waals surface area contributed by atoms with Crippen LogP contribution in [0.5, 0.6) is 0 Å². The molecule has 0 unspecified atom stereocenters. The average molecular weight is 406 g/mol. The Labute approximate surface area is 171 Å². The van der Waals surface area contributed by atoms with E-state index in [1.54, 1.807) is 12.1 Å². The Morgan fingerprint density at radius 3 is 2.41 bits per heavy atom. The van der Waals surface area contributed by atoms with Crippen molar-refractivity contribution in [3.05, 3.63) is 77.7 Å². The number of aromatic nitrogens is 2. The van der Waals surface area contributed by atoms with E-state index in [9.17, 15) is 9.18 Å². The minimum atomic E-state index is -0.278. The van der Waals surface area contributed by atoms with Crippen LogP contribution in [-0.4, -0.2) is 46.4 Å². The summed E-state index contributed by atoms with van der Waals surface area (Å²) in [6.07, 6.45) is 1.85. The molecule has 0 saturated carbocycles. The van der Waals surface area contributed by atoms with E-state index in [0.717, 1.165) is 29.3 Å². The fourth-order valence-electron chi connectivity index (χ4n) is 3.67. The van der Waals surface area contributed by atoms with Crippen molar-refractivity contribution in [3.8, 4) is 11.3 Å². The Bertz CT molecular complexity index is 1140. The fourth-order valence-corrected chi connectivity index (χ4v) is 4.51. The number of hydrogen-bond donors (Lipinski definition) is 0. The summed E-state index contributed by atoms with van der Waals surface area (Å²) in [5.74, 6) is -0.257. The molecule has 1 amide bonds. The van der Waals surface area contributed by atoms with Crippen molar-refractivity contribution in [1.82, 2.24) is 14.3 Å². The Morgan fingerprint density at radius 2 is 1.69 bits per heavy atom. The molecule has 29 heavy (non-hydrogen) atoms. The number of thiazole rings is 1. The summed E-state index contributed by atoms with van der Waals surface area (Å²) in [6, 6.07) is 16.5. The number of rotatable bonds is 3. The van der Waals surface area contributed by atoms with Crippen molar-refractivity contribution >= 4 is 27.9 Å². The van der Waals surface area contributed by atoms with Gasteiger partial charge in [0.15, 0.2) is 4.96 Å². The highest BCUT2D eigenvalue weighted by Crippen LogP contribution is 2.25. The van der Waals surface area contributed by atoms with Gasteiger partial charge in [-0.05, 0) is 36.4 Å². The van der Waals surface area contributed by atoms with E-state index >= 15 is 0 Å². The summed E-state index contributed by atoms with van der Waals surface area (Å²) < 4.78 is 15.0. The number of carbonyl (C=O) groups is 1. The number of nitrogens with zero attached hydrogens (tertiary/aromatic N) is 4. The Hall–Kier alpha value is -3.19. The Morgan fingerprint density at radius 1 is 0.966 bits per heavy atom. The first-order valence-electron chi connectivity index (χ1n) is 9.51. The monoisotopic (exact) mass is 406 g/mol. The van der Waals surface area contributed by atoms with Gasteiger partial charge in [-0.15, -0.1) is 11.3 Å². The quantitative estimate of drug-likeness (QED) is 0.513. The molecule has 146 valence electrons. The number of para-hydroxylation sites is 1. The van der Waals surface area contributed by atoms with E-state index in [4.69, 9.17) is 0 Å². The van der Waals surface area contributed by atoms with Crippen LogP contribution in [0, 0.1) is 5.82 Å². The number of amides is 1. The van der Waals surface area contributed by atoms with Crippen molar-refractivity contribution < 1.29 is 9.18 Å². The number of anilines is 1. The summed E-state index contributed by atoms with van der Waals surface area (Å²) in [7, 11) is 0. The van der Waals surface area contributed by atoms with E-state index < -0.39 is 0 Å². The third-order valence-electron chi connectivity index (χ3n) is 5.26. The number of piperazine rings is 1. The number of hydrogen-bond acceptors (Lipinski definition) is 4. The summed E-state index contributed by atoms with van der Waals surface area (Å²) >= 11 is 1.44. The predicted octanol–water partition coefficient (Wildman–Crippen LogP) is 4.16. The van der Waals surface area contributed by atoms with E-state index in [2.05, 4.69) is 22.0 Å². The third-order valence-corrected chi connectivity index (χ3v) is 6.10. The average Bonchev–Trinajstić information content (AvgIpc) is 3.36. The zero-order valence-electron chi connectivity index (χ0n) is 15.7. The van der Waals surface area contributed by atoms with Crippen LogP contribution in [0.25, 0.3) is 16.2 Å². The zero-order valence-corrected chi connectivity index (χ0v) is 16.5. The van der Waals surface area contributed by atoms with E-state index in [1.165, 1.54) is 29.2 Å². The van der Waals surface area contributed by atoms with E-state index in [0.29, 0.717) is 18.8 Å². The largest absolute Gasteiger partial charge is 0.368 e. The van der Waals surface area contributed by atoms with Crippen molar-refractivity contribution in [1.29, 1.82) is 0 Å². The van der Waals surface area contributed by atoms with Gasteiger partial charge in [0.05, 0.1) is 5.69 Å². The molecule has 1 aliphatic heterocycles. The van der Waals surface area contributed by atoms with Gasteiger partial charge in [0.2, 0.25) is 0 Å². The van der Waals surface area contributed by atoms with Gasteiger partial charge in [-0.3, -0.25) is 9.20 Å². The zero-order chi connectivity index (χ0) is 19.8. The van der Waals surface area contributed by atoms with Gasteiger partial charge in [0.1, 0.15) is 11.5 Å². The number of fused-ring (bicyclic) bond motifs is 1. The molecule has 0 N–H and O–H groups in total. The second-order valence-corrected chi connectivity index (χ2v) is 7.86. The van der Waals surface area contributed by atoms with Crippen LogP contribution < -0.4 is 4.90 Å². The van der Waals surface area contributed by atoms with Crippen molar-refractivity contribution in [2.24, 2.45) is 0 Å². The number of benzene rings is 2. The molecule has 1 fully saturated rings. The maximum absolute atomic E-state index is 13.2. The van der Waals surface area contributed by atoms with Crippen LogP contribution in [-0.2, 0) is 0 Å². The van der Waals surface area contributed by atoms with Gasteiger partial charge in [-0.25, -0.2) is 9.37 Å². The molecule has 5 nitrogen and oxygen atoms in total. The van der Waals surface area contributed by atoms with Crippen LogP contribution in [0.2, 0.25) is 0 Å². The van der Waals surface area contributed by atoms with Gasteiger partial charge in [-0.1, -0.05) is 18.2 Å². The van der Waals surface area contributed by atoms with Crippen LogP contribution in [0.1, 0.15) is 10.5 Å². The molecule has 0 radical (unpaired) electrons. The van der Waals surface area contributed by atoms with Gasteiger partial charge < -0.3 is 9.80 Å². The summed E-state index contributed by atoms with van der Waals surface area (Å²) in [6.45, 7) is 3.00. The third kappa shape index (κ3) is 3.38. The standard InChI is InChI=1S/C22H19FN4OS/c23-17-8-6-16(7-9-17)19-14-27-20(15-29-22(27)24-19)21(28)26-12-10-25(11-13-26)18-4-2-1-3-5-18/h1-9,14-15H,10-13H2. The molecule has 7 heteroatoms. The molecule has 0 atom stereocenters. The van der Waals surface area contributed by atoms with Gasteiger partial charge >= 0.3 is 0 Å². The van der Waals surface area contributed by atoms with Crippen molar-refractivity contribution in [3.63, 3.8) is 0 Å². The lowest BCUT2D eigenvalue weighted by molar-refractivity contribution is 0.0740. The highest BCUT2D eigenvalue weighted by atomic mass is 32.1. The second kappa shape index (κ2) is 7.33. The van der Waals surface area contributed by atoms with Crippen LogP contribution in [0.15, 0.2) is 66.2 Å². The maximum Gasteiger partial charge on any atom is 0.271 e. The molecule has 5 rings (SSSR count). The summed E-state index contributed by atoms with van der Waals surface area (Å²) in [5, 5.41) is 1.86. The van der Waals surface area contributed by atoms with Crippen molar-refractivity contribution in [2.75, 3.05) is 31.1 Å². The number of carbonyl (C=O) groups excluding carboxylic acids is 1. The minimum Gasteiger partial charge on any atom is -0.368 e. The molecular formula is C22H19FN4OS. The molecule has 0 spiro atoms. The molecule has 3 heterocycles. The number of halogens is 1. The molecule has 0 aliphatic carbocycles. The van der Waals surface area contributed by atoms with E-state index in [-0.39, 0.29) is 11.7 Å². The molecule has 1 aliphatic rings. The van der Waals surface area contributed by atoms with Gasteiger partial charge in [0, 0.05) is 49.0 Å². The highest BCUT2D eigenvalue weighted by molar-refractivity contribution is 7.15. The summed E-state index contributed by atoms with van der Waals surface area (Å²) in [5.41, 5.74) is 3.38. The fraction of sp³-hybridized carbons (Fsp3) is 0.182. The van der Waals surface area contributed by atoms with Crippen LogP contribution in [0.4, 0.5) is 10.1 Å². The SMILES string of the molecule is O=C(c1csc2nc(-c3ccc(F)cc3)cn12)N1CCN(c2ccccc2)CC1. The Balaban J connectivity index is 1.34. The number of imidazole rings is 1. The molecule has 4 aromatic rings. The first kappa shape index (κ1) is 17.9. The lowest BCUT2D eigenvalue weighted by Crippen LogP contribution is -2.49. The Kier molecular flexibility index (Phi) is 4.52. The minimum absolute atomic E-state index is 0.0204. The first-order chi connectivity index (χ1) is 14.2. The normalized spacial score (nSPS) is 14.5. The van der Waals surface area contributed by atoms with Crippen LogP contribution in [0.3, 0.4) is 0 Å². The van der Waals surface area contributed by atoms with Crippen molar-refractivity contribution in [2.45, 2.75) is 0 Å². The molecule has 2 aromatic heterocycles. The predicted molar refractivity (Wildman–Crippen MR) is 113 cm³/mol. The molecule has 0 bridgehead atoms. The topological polar surface area (TPSA) is 40.9 Å². The van der Waals surface area contributed by atoms with E-state index in [1.807, 2.05) is 39.1 Å². The second-order valence-electron chi connectivity index (χ2n) is 7.02.